The number of rotatable bonds is 5. The largest absolute Gasteiger partial charge is 4.00 e. The summed E-state index contributed by atoms with van der Waals surface area (Å²) in [6.45, 7) is 13.4. The summed E-state index contributed by atoms with van der Waals surface area (Å²) in [4.78, 5) is 2.37. The van der Waals surface area contributed by atoms with Crippen LogP contribution in [-0.2, 0) is 26.2 Å². The van der Waals surface area contributed by atoms with Crippen LogP contribution in [0.4, 0.5) is 0 Å². The second-order valence-corrected chi connectivity index (χ2v) is 13.5. The molecule has 154 valence electrons. The van der Waals surface area contributed by atoms with Crippen molar-refractivity contribution in [2.75, 3.05) is 13.1 Å². The van der Waals surface area contributed by atoms with Crippen molar-refractivity contribution in [1.82, 2.24) is 4.90 Å². The minimum Gasteiger partial charge on any atom is -0.444 e. The second-order valence-electron chi connectivity index (χ2n) is 8.71. The summed E-state index contributed by atoms with van der Waals surface area (Å²) in [5.41, 5.74) is 6.12. The normalized spacial score (nSPS) is 16.2. The van der Waals surface area contributed by atoms with Gasteiger partial charge in [-0.1, -0.05) is 83.8 Å². The SMILES string of the molecule is C1CCCC1.C1CCCC1.CCN(CC)C(=[C-][Si](C)(C)C)c1[c-]cccc1.[Zr+4]. The van der Waals surface area contributed by atoms with Crippen LogP contribution in [0, 0.1) is 11.8 Å². The Morgan fingerprint density at radius 2 is 1.29 bits per heavy atom. The minimum atomic E-state index is -1.35. The van der Waals surface area contributed by atoms with Gasteiger partial charge in [0.2, 0.25) is 0 Å². The molecule has 2 fully saturated rings. The maximum atomic E-state index is 3.72. The van der Waals surface area contributed by atoms with Crippen LogP contribution in [0.25, 0.3) is 5.70 Å². The van der Waals surface area contributed by atoms with Gasteiger partial charge in [-0.25, -0.2) is 17.8 Å². The predicted molar refractivity (Wildman–Crippen MR) is 124 cm³/mol. The van der Waals surface area contributed by atoms with E-state index in [1.165, 1.54) is 75.5 Å². The topological polar surface area (TPSA) is 3.24 Å². The Bertz CT molecular complexity index is 470. The molecule has 0 heterocycles. The molecule has 2 saturated carbocycles. The molecule has 2 aliphatic rings. The summed E-state index contributed by atoms with van der Waals surface area (Å²) in [6.07, 6.45) is 15.0. The van der Waals surface area contributed by atoms with Gasteiger partial charge in [0.15, 0.2) is 0 Å². The maximum absolute atomic E-state index is 3.72. The van der Waals surface area contributed by atoms with Crippen molar-refractivity contribution in [2.45, 2.75) is 97.7 Å². The molecule has 0 bridgehead atoms. The molecule has 28 heavy (non-hydrogen) atoms. The molecule has 3 rings (SSSR count). The average Bonchev–Trinajstić information content (AvgIpc) is 3.40. The first-order valence-electron chi connectivity index (χ1n) is 11.3. The van der Waals surface area contributed by atoms with E-state index >= 15 is 0 Å². The van der Waals surface area contributed by atoms with Crippen LogP contribution in [0.2, 0.25) is 19.6 Å². The van der Waals surface area contributed by atoms with E-state index in [0.717, 1.165) is 13.1 Å². The number of benzene rings is 1. The van der Waals surface area contributed by atoms with Crippen LogP contribution in [-0.4, -0.2) is 26.1 Å². The Morgan fingerprint density at radius 1 is 0.857 bits per heavy atom. The van der Waals surface area contributed by atoms with Gasteiger partial charge >= 0.3 is 26.2 Å². The van der Waals surface area contributed by atoms with E-state index in [2.05, 4.69) is 62.3 Å². The zero-order chi connectivity index (χ0) is 20.0. The smallest absolute Gasteiger partial charge is 0.444 e. The van der Waals surface area contributed by atoms with Gasteiger partial charge in [0.05, 0.1) is 0 Å². The molecule has 0 unspecified atom stereocenters. The molecule has 0 radical (unpaired) electrons. The van der Waals surface area contributed by atoms with E-state index in [0.29, 0.717) is 0 Å². The first-order valence-corrected chi connectivity index (χ1v) is 14.8. The van der Waals surface area contributed by atoms with Gasteiger partial charge in [0.1, 0.15) is 0 Å². The summed E-state index contributed by atoms with van der Waals surface area (Å²) in [7, 11) is -1.35. The third-order valence-corrected chi connectivity index (χ3v) is 6.02. The van der Waals surface area contributed by atoms with Crippen molar-refractivity contribution in [3.05, 3.63) is 41.6 Å². The van der Waals surface area contributed by atoms with E-state index in [-0.39, 0.29) is 26.2 Å². The molecule has 0 amide bonds. The van der Waals surface area contributed by atoms with E-state index in [9.17, 15) is 0 Å². The van der Waals surface area contributed by atoms with Crippen LogP contribution in [0.15, 0.2) is 24.3 Å². The first kappa shape index (κ1) is 27.9. The third kappa shape index (κ3) is 13.2. The third-order valence-electron chi connectivity index (χ3n) is 5.04. The van der Waals surface area contributed by atoms with Crippen LogP contribution < -0.4 is 0 Å². The van der Waals surface area contributed by atoms with Gasteiger partial charge in [-0.2, -0.15) is 12.1 Å². The Morgan fingerprint density at radius 3 is 1.57 bits per heavy atom. The average molecular weight is 477 g/mol. The van der Waals surface area contributed by atoms with Crippen molar-refractivity contribution in [3.63, 3.8) is 0 Å². The van der Waals surface area contributed by atoms with Crippen molar-refractivity contribution in [2.24, 2.45) is 0 Å². The van der Waals surface area contributed by atoms with Crippen molar-refractivity contribution in [1.29, 1.82) is 0 Å². The fourth-order valence-corrected chi connectivity index (χ4v) is 4.52. The number of hydrogen-bond acceptors (Lipinski definition) is 1. The first-order chi connectivity index (χ1) is 13.0. The molecule has 0 atom stereocenters. The fraction of sp³-hybridized carbons (Fsp3) is 0.680. The molecule has 0 aliphatic heterocycles. The van der Waals surface area contributed by atoms with Crippen molar-refractivity contribution < 1.29 is 26.2 Å². The predicted octanol–water partition coefficient (Wildman–Crippen LogP) is 7.75. The van der Waals surface area contributed by atoms with Crippen molar-refractivity contribution >= 4 is 13.8 Å². The van der Waals surface area contributed by atoms with E-state index in [1.807, 2.05) is 12.1 Å². The molecule has 0 spiro atoms. The monoisotopic (exact) mass is 475 g/mol. The molecule has 1 aromatic rings. The quantitative estimate of drug-likeness (QED) is 0.310. The van der Waals surface area contributed by atoms with Gasteiger partial charge in [0, 0.05) is 13.1 Å². The zero-order valence-electron chi connectivity index (χ0n) is 19.2. The number of nitrogens with zero attached hydrogens (tertiary/aromatic N) is 1. The van der Waals surface area contributed by atoms with Crippen LogP contribution in [0.1, 0.15) is 83.6 Å². The summed E-state index contributed by atoms with van der Waals surface area (Å²) in [5, 5.41) is 0. The van der Waals surface area contributed by atoms with E-state index in [1.54, 1.807) is 0 Å². The fourth-order valence-electron chi connectivity index (χ4n) is 3.52. The second kappa shape index (κ2) is 16.6. The Hall–Kier alpha value is -0.140. The maximum Gasteiger partial charge on any atom is 4.00 e. The summed E-state index contributed by atoms with van der Waals surface area (Å²) >= 11 is 0. The van der Waals surface area contributed by atoms with E-state index < -0.39 is 8.07 Å². The van der Waals surface area contributed by atoms with Gasteiger partial charge < -0.3 is 10.6 Å². The zero-order valence-corrected chi connectivity index (χ0v) is 22.7. The molecule has 2 aliphatic carbocycles. The summed E-state index contributed by atoms with van der Waals surface area (Å²) in [6, 6.07) is 11.5. The number of hydrogen-bond donors (Lipinski definition) is 0. The summed E-state index contributed by atoms with van der Waals surface area (Å²) < 4.78 is 0. The molecule has 0 aromatic heterocycles. The standard InChI is InChI=1S/C15H23NSi.2C5H10.Zr/c1-6-16(7-2)15(13-17(3,4)5)14-11-9-8-10-12-14;2*1-2-4-5-3-1;/h8-11H,6-7H2,1-5H3;2*1-5H2;/q-2;;;+4. The summed E-state index contributed by atoms with van der Waals surface area (Å²) in [5.74, 6) is 0. The van der Waals surface area contributed by atoms with Gasteiger partial charge in [-0.3, -0.25) is 5.56 Å². The molecule has 0 saturated heterocycles. The Balaban J connectivity index is 0.000000535. The molecule has 1 nitrogen and oxygen atoms in total. The molecule has 1 aromatic carbocycles. The van der Waals surface area contributed by atoms with Crippen LogP contribution >= 0.6 is 0 Å². The molecular weight excluding hydrogens is 434 g/mol. The molecule has 3 heteroatoms. The molecule has 0 N–H and O–H groups in total. The van der Waals surface area contributed by atoms with Gasteiger partial charge in [-0.15, -0.1) is 6.07 Å². The van der Waals surface area contributed by atoms with Crippen LogP contribution in [0.5, 0.6) is 0 Å². The Labute approximate surface area is 196 Å². The van der Waals surface area contributed by atoms with E-state index in [4.69, 9.17) is 0 Å². The van der Waals surface area contributed by atoms with Gasteiger partial charge in [0.25, 0.3) is 0 Å². The van der Waals surface area contributed by atoms with Crippen molar-refractivity contribution in [3.8, 4) is 0 Å². The van der Waals surface area contributed by atoms with Gasteiger partial charge in [-0.05, 0) is 21.9 Å². The Kier molecular flexibility index (Phi) is 16.6. The minimum absolute atomic E-state index is 0. The molecular formula is C25H43NSiZr+2. The van der Waals surface area contributed by atoms with Crippen LogP contribution in [0.3, 0.4) is 0 Å².